The fourth-order valence-corrected chi connectivity index (χ4v) is 6.14. The molecule has 8 aromatic rings. The smallest absolute Gasteiger partial charge is 0.439 e. The van der Waals surface area contributed by atoms with E-state index in [-0.39, 0.29) is 12.3 Å². The van der Waals surface area contributed by atoms with E-state index in [2.05, 4.69) is 20.3 Å². The molecule has 0 atom stereocenters. The quantitative estimate of drug-likeness (QED) is 0.101. The maximum absolute atomic E-state index is 13.7. The van der Waals surface area contributed by atoms with E-state index in [4.69, 9.17) is 23.4 Å². The number of rotatable bonds is 12. The van der Waals surface area contributed by atoms with Crippen molar-refractivity contribution in [3.63, 3.8) is 0 Å². The van der Waals surface area contributed by atoms with Crippen molar-refractivity contribution in [3.05, 3.63) is 154 Å². The molecule has 3 aromatic heterocycles. The lowest BCUT2D eigenvalue weighted by molar-refractivity contribution is -0.720. The summed E-state index contributed by atoms with van der Waals surface area (Å²) < 4.78 is 29.5. The highest BCUT2D eigenvalue weighted by Crippen LogP contribution is 2.32. The normalized spacial score (nSPS) is 11.1. The van der Waals surface area contributed by atoms with E-state index in [0.29, 0.717) is 63.4 Å². The number of aromatic amines is 2. The number of hydrogen-bond donors (Lipinski definition) is 2. The van der Waals surface area contributed by atoms with Crippen molar-refractivity contribution in [2.45, 2.75) is 20.1 Å². The van der Waals surface area contributed by atoms with E-state index in [1.165, 1.54) is 0 Å². The Balaban J connectivity index is 1.01. The van der Waals surface area contributed by atoms with Gasteiger partial charge in [-0.3, -0.25) is 14.1 Å². The number of nitrogens with one attached hydrogen (secondary N) is 2. The minimum Gasteiger partial charge on any atom is -0.485 e. The van der Waals surface area contributed by atoms with Crippen LogP contribution >= 0.6 is 0 Å². The van der Waals surface area contributed by atoms with Gasteiger partial charge in [0.15, 0.2) is 17.0 Å². The lowest BCUT2D eigenvalue weighted by atomic mass is 9.98. The summed E-state index contributed by atoms with van der Waals surface area (Å²) in [6.45, 7) is 2.53. The van der Waals surface area contributed by atoms with E-state index in [9.17, 15) is 14.5 Å². The number of fused-ring (bicyclic) bond motifs is 1. The summed E-state index contributed by atoms with van der Waals surface area (Å²) >= 11 is 0. The van der Waals surface area contributed by atoms with Gasteiger partial charge in [-0.15, -0.1) is 0 Å². The van der Waals surface area contributed by atoms with Crippen molar-refractivity contribution in [2.75, 3.05) is 6.61 Å². The molecule has 14 heteroatoms. The second kappa shape index (κ2) is 14.6. The van der Waals surface area contributed by atoms with Crippen LogP contribution in [-0.4, -0.2) is 37.4 Å². The highest BCUT2D eigenvalue weighted by molar-refractivity contribution is 6.03. The number of para-hydroxylation sites is 1. The third-order valence-electron chi connectivity index (χ3n) is 8.66. The van der Waals surface area contributed by atoms with Gasteiger partial charge in [-0.1, -0.05) is 99.9 Å². The minimum atomic E-state index is -0.627. The zero-order valence-corrected chi connectivity index (χ0v) is 28.7. The van der Waals surface area contributed by atoms with Gasteiger partial charge in [0.2, 0.25) is 5.69 Å². The number of benzene rings is 5. The van der Waals surface area contributed by atoms with E-state index < -0.39 is 11.7 Å². The fraction of sp³-hybridized carbons (Fsp3) is 0.100. The predicted octanol–water partition coefficient (Wildman–Crippen LogP) is 6.79. The van der Waals surface area contributed by atoms with Crippen LogP contribution < -0.4 is 24.6 Å². The number of nitrogens with zero attached hydrogens (tertiary/aromatic N) is 4. The van der Waals surface area contributed by atoms with Gasteiger partial charge < -0.3 is 14.2 Å². The zero-order chi connectivity index (χ0) is 37.0. The van der Waals surface area contributed by atoms with E-state index >= 15 is 0 Å². The number of ether oxygens (including phenoxy) is 3. The van der Waals surface area contributed by atoms with E-state index in [1.54, 1.807) is 36.4 Å². The molecule has 0 saturated carbocycles. The maximum atomic E-state index is 13.7. The highest BCUT2D eigenvalue weighted by atomic mass is 16.7. The van der Waals surface area contributed by atoms with E-state index in [1.807, 2.05) is 96.4 Å². The van der Waals surface area contributed by atoms with Crippen molar-refractivity contribution in [3.8, 4) is 51.3 Å². The largest absolute Gasteiger partial charge is 0.485 e. The molecule has 3 heterocycles. The van der Waals surface area contributed by atoms with Crippen molar-refractivity contribution in [2.24, 2.45) is 0 Å². The number of hydrogen-bond acceptors (Lipinski definition) is 10. The molecule has 0 bridgehead atoms. The Morgan fingerprint density at radius 2 is 1.56 bits per heavy atom. The first kappa shape index (κ1) is 33.7. The average molecular weight is 724 g/mol. The number of aromatic nitrogens is 6. The van der Waals surface area contributed by atoms with Crippen LogP contribution in [0.1, 0.15) is 28.5 Å². The minimum absolute atomic E-state index is 0.0607. The molecule has 268 valence electrons. The average Bonchev–Trinajstić information content (AvgIpc) is 3.91. The Bertz CT molecular complexity index is 2690. The number of H-pyrrole nitrogens is 2. The summed E-state index contributed by atoms with van der Waals surface area (Å²) in [4.78, 5) is 44.9. The summed E-state index contributed by atoms with van der Waals surface area (Å²) in [6.07, 6.45) is 0. The van der Waals surface area contributed by atoms with Crippen LogP contribution in [0.25, 0.3) is 44.8 Å². The zero-order valence-electron chi connectivity index (χ0n) is 28.7. The predicted molar refractivity (Wildman–Crippen MR) is 196 cm³/mol. The van der Waals surface area contributed by atoms with Gasteiger partial charge in [0.1, 0.15) is 11.5 Å². The Hall–Kier alpha value is -7.48. The molecule has 14 nitrogen and oxygen atoms in total. The molecule has 0 saturated heterocycles. The molecule has 54 heavy (non-hydrogen) atoms. The number of carbonyl (C=O) groups is 1. The second-order valence-electron chi connectivity index (χ2n) is 12.1. The summed E-state index contributed by atoms with van der Waals surface area (Å²) in [6, 6.07) is 36.9. The molecular formula is C40H31N6O8+. The van der Waals surface area contributed by atoms with Gasteiger partial charge in [0.05, 0.1) is 29.7 Å². The molecule has 0 spiro atoms. The standard InChI is InChI=1S/C40H30N6O8/c1-2-50-39-41-33-14-8-13-32(36(33)45(39)23-25-15-17-26(18-16-25)30-11-6-7-12-31(30)37-42-40(48)53-44-37)38(47)52-29-21-19-28(20-22-29)51-24-34-35(43-54-46(34)49)27-9-4-3-5-10-27/h3-22H,2,23-24H2,1H3,(H-,42,43,44,48,49)/p+1. The Morgan fingerprint density at radius 3 is 2.30 bits per heavy atom. The van der Waals surface area contributed by atoms with Crippen LogP contribution in [0.2, 0.25) is 0 Å². The molecule has 0 aliphatic heterocycles. The Morgan fingerprint density at radius 1 is 0.815 bits per heavy atom. The molecule has 5 aromatic carbocycles. The van der Waals surface area contributed by atoms with Crippen LogP contribution in [0.4, 0.5) is 0 Å². The number of esters is 1. The molecule has 0 aliphatic rings. The first-order chi connectivity index (χ1) is 26.4. The summed E-state index contributed by atoms with van der Waals surface area (Å²) in [5.74, 6) is -0.108. The van der Waals surface area contributed by atoms with Crippen molar-refractivity contribution >= 4 is 17.0 Å². The molecule has 0 amide bonds. The lowest BCUT2D eigenvalue weighted by Crippen LogP contribution is -2.18. The Labute approximate surface area is 305 Å². The van der Waals surface area contributed by atoms with Crippen molar-refractivity contribution in [1.82, 2.24) is 24.8 Å². The third kappa shape index (κ3) is 6.78. The van der Waals surface area contributed by atoms with E-state index in [0.717, 1.165) is 27.8 Å². The second-order valence-corrected chi connectivity index (χ2v) is 12.1. The van der Waals surface area contributed by atoms with Gasteiger partial charge >= 0.3 is 11.7 Å². The monoisotopic (exact) mass is 723 g/mol. The highest BCUT2D eigenvalue weighted by Gasteiger charge is 2.24. The SMILES string of the molecule is CCOc1nc2cccc(C(=O)Oc3ccc(OCc4c(-c5ccccc5)[nH]o[n+]4=O)cc3)c2n1Cc1ccc(-c2ccccc2-c2noc(=O)[nH]2)cc1. The van der Waals surface area contributed by atoms with Gasteiger partial charge in [-0.05, 0) is 64.9 Å². The number of carbonyl (C=O) groups excluding carboxylic acids is 1. The van der Waals surface area contributed by atoms with Crippen molar-refractivity contribution < 1.29 is 32.8 Å². The van der Waals surface area contributed by atoms with Crippen LogP contribution in [0, 0.1) is 4.91 Å². The van der Waals surface area contributed by atoms with Crippen molar-refractivity contribution in [1.29, 1.82) is 0 Å². The first-order valence-corrected chi connectivity index (χ1v) is 17.0. The molecule has 8 rings (SSSR count). The lowest BCUT2D eigenvalue weighted by Gasteiger charge is -2.13. The number of imidazole rings is 1. The Kier molecular flexibility index (Phi) is 9.12. The molecule has 2 N–H and O–H groups in total. The fourth-order valence-electron chi connectivity index (χ4n) is 6.14. The van der Waals surface area contributed by atoms with Gasteiger partial charge in [-0.2, -0.15) is 4.98 Å². The van der Waals surface area contributed by atoms with Gasteiger partial charge in [0, 0.05) is 11.1 Å². The third-order valence-corrected chi connectivity index (χ3v) is 8.66. The van der Waals surface area contributed by atoms with Crippen LogP contribution in [-0.2, 0) is 13.2 Å². The van der Waals surface area contributed by atoms with Crippen LogP contribution in [0.5, 0.6) is 17.5 Å². The molecule has 0 aliphatic carbocycles. The molecular weight excluding hydrogens is 692 g/mol. The maximum Gasteiger partial charge on any atom is 0.439 e. The van der Waals surface area contributed by atoms with Crippen LogP contribution in [0.15, 0.2) is 135 Å². The molecule has 0 fully saturated rings. The topological polar surface area (TPSA) is 173 Å². The van der Waals surface area contributed by atoms with Gasteiger partial charge in [-0.25, -0.2) is 9.59 Å². The molecule has 0 radical (unpaired) electrons. The molecule has 0 unspecified atom stereocenters. The first-order valence-electron chi connectivity index (χ1n) is 17.0. The van der Waals surface area contributed by atoms with Crippen LogP contribution in [0.3, 0.4) is 0 Å². The van der Waals surface area contributed by atoms with Gasteiger partial charge in [0.25, 0.3) is 11.7 Å². The summed E-state index contributed by atoms with van der Waals surface area (Å²) in [7, 11) is 0. The summed E-state index contributed by atoms with van der Waals surface area (Å²) in [5, 5.41) is 6.49. The summed E-state index contributed by atoms with van der Waals surface area (Å²) in [5.41, 5.74) is 6.44.